The van der Waals surface area contributed by atoms with Crippen LogP contribution in [0.5, 0.6) is 0 Å². The Morgan fingerprint density at radius 3 is 2.37 bits per heavy atom. The summed E-state index contributed by atoms with van der Waals surface area (Å²) < 4.78 is 0. The number of piperazine rings is 1. The molecule has 0 spiro atoms. The van der Waals surface area contributed by atoms with E-state index >= 15 is 0 Å². The highest BCUT2D eigenvalue weighted by molar-refractivity contribution is 5.94. The van der Waals surface area contributed by atoms with E-state index in [1.54, 1.807) is 4.90 Å². The van der Waals surface area contributed by atoms with Crippen molar-refractivity contribution in [3.05, 3.63) is 60.2 Å². The van der Waals surface area contributed by atoms with Gasteiger partial charge in [0.1, 0.15) is 5.69 Å². The first-order chi connectivity index (χ1) is 13.2. The molecule has 1 aromatic carbocycles. The molecule has 2 saturated heterocycles. The Balaban J connectivity index is 1.23. The van der Waals surface area contributed by atoms with Crippen LogP contribution in [0.15, 0.2) is 48.9 Å². The lowest BCUT2D eigenvalue weighted by molar-refractivity contribution is -0.141. The van der Waals surface area contributed by atoms with Gasteiger partial charge in [-0.3, -0.25) is 19.5 Å². The summed E-state index contributed by atoms with van der Waals surface area (Å²) in [6.45, 7) is 5.13. The molecule has 2 amide bonds. The molecular weight excluding hydrogens is 342 g/mol. The molecule has 140 valence electrons. The average Bonchev–Trinajstić information content (AvgIpc) is 2.69. The molecule has 0 saturated carbocycles. The zero-order valence-corrected chi connectivity index (χ0v) is 15.2. The molecule has 0 bridgehead atoms. The van der Waals surface area contributed by atoms with Crippen LogP contribution in [0.25, 0.3) is 0 Å². The lowest BCUT2D eigenvalue weighted by Crippen LogP contribution is -2.59. The van der Waals surface area contributed by atoms with Gasteiger partial charge < -0.3 is 9.80 Å². The van der Waals surface area contributed by atoms with Crippen LogP contribution in [0.2, 0.25) is 0 Å². The molecule has 1 aromatic heterocycles. The highest BCUT2D eigenvalue weighted by Gasteiger charge is 2.39. The molecular formula is C20H23N5O2. The Labute approximate surface area is 158 Å². The minimum atomic E-state index is -0.153. The Bertz CT molecular complexity index is 785. The van der Waals surface area contributed by atoms with Gasteiger partial charge in [0.2, 0.25) is 5.91 Å². The summed E-state index contributed by atoms with van der Waals surface area (Å²) in [5, 5.41) is 0. The summed E-state index contributed by atoms with van der Waals surface area (Å²) in [4.78, 5) is 38.9. The summed E-state index contributed by atoms with van der Waals surface area (Å²) in [6.07, 6.45) is 4.50. The molecule has 2 aromatic rings. The number of carbonyl (C=O) groups excluding carboxylic acids is 2. The van der Waals surface area contributed by atoms with Crippen molar-refractivity contribution in [1.29, 1.82) is 0 Å². The maximum atomic E-state index is 12.7. The van der Waals surface area contributed by atoms with Crippen molar-refractivity contribution in [1.82, 2.24) is 24.7 Å². The van der Waals surface area contributed by atoms with Gasteiger partial charge in [-0.15, -0.1) is 0 Å². The second-order valence-electron chi connectivity index (χ2n) is 7.08. The fraction of sp³-hybridized carbons (Fsp3) is 0.400. The van der Waals surface area contributed by atoms with Crippen molar-refractivity contribution in [3.8, 4) is 0 Å². The fourth-order valence-corrected chi connectivity index (χ4v) is 3.60. The van der Waals surface area contributed by atoms with Gasteiger partial charge in [-0.1, -0.05) is 30.3 Å². The molecule has 2 aliphatic rings. The van der Waals surface area contributed by atoms with E-state index in [2.05, 4.69) is 39.1 Å². The van der Waals surface area contributed by atoms with E-state index in [0.29, 0.717) is 18.8 Å². The van der Waals surface area contributed by atoms with Gasteiger partial charge in [0, 0.05) is 58.2 Å². The Morgan fingerprint density at radius 1 is 0.963 bits per heavy atom. The molecule has 0 atom stereocenters. The Kier molecular flexibility index (Phi) is 5.11. The lowest BCUT2D eigenvalue weighted by Gasteiger charge is -2.42. The summed E-state index contributed by atoms with van der Waals surface area (Å²) in [5.74, 6) is -0.0799. The van der Waals surface area contributed by atoms with Crippen LogP contribution >= 0.6 is 0 Å². The second kappa shape index (κ2) is 7.84. The third-order valence-electron chi connectivity index (χ3n) is 5.23. The van der Waals surface area contributed by atoms with Gasteiger partial charge in [0.05, 0.1) is 12.1 Å². The van der Waals surface area contributed by atoms with E-state index in [1.165, 1.54) is 24.2 Å². The molecule has 0 N–H and O–H groups in total. The number of hydrogen-bond acceptors (Lipinski definition) is 5. The fourth-order valence-electron chi connectivity index (χ4n) is 3.60. The number of rotatable bonds is 4. The first-order valence-electron chi connectivity index (χ1n) is 9.31. The molecule has 0 radical (unpaired) electrons. The molecule has 7 heteroatoms. The van der Waals surface area contributed by atoms with Crippen molar-refractivity contribution in [2.75, 3.05) is 39.3 Å². The predicted octanol–water partition coefficient (Wildman–Crippen LogP) is 0.893. The largest absolute Gasteiger partial charge is 0.340 e. The van der Waals surface area contributed by atoms with Crippen molar-refractivity contribution in [3.63, 3.8) is 0 Å². The molecule has 4 rings (SSSR count). The van der Waals surface area contributed by atoms with Crippen LogP contribution in [-0.4, -0.2) is 75.8 Å². The van der Waals surface area contributed by atoms with Crippen LogP contribution in [0.4, 0.5) is 0 Å². The summed E-state index contributed by atoms with van der Waals surface area (Å²) >= 11 is 0. The highest BCUT2D eigenvalue weighted by Crippen LogP contribution is 2.21. The number of aromatic nitrogens is 2. The lowest BCUT2D eigenvalue weighted by atomic mass is 9.97. The van der Waals surface area contributed by atoms with E-state index in [-0.39, 0.29) is 17.7 Å². The van der Waals surface area contributed by atoms with E-state index < -0.39 is 0 Å². The predicted molar refractivity (Wildman–Crippen MR) is 99.7 cm³/mol. The minimum absolute atomic E-state index is 0.0914. The van der Waals surface area contributed by atoms with Crippen LogP contribution in [0.1, 0.15) is 16.1 Å². The van der Waals surface area contributed by atoms with Gasteiger partial charge in [-0.2, -0.15) is 0 Å². The van der Waals surface area contributed by atoms with Gasteiger partial charge >= 0.3 is 0 Å². The first-order valence-corrected chi connectivity index (χ1v) is 9.31. The smallest absolute Gasteiger partial charge is 0.274 e. The molecule has 27 heavy (non-hydrogen) atoms. The van der Waals surface area contributed by atoms with E-state index in [9.17, 15) is 9.59 Å². The number of hydrogen-bond donors (Lipinski definition) is 0. The number of nitrogens with zero attached hydrogens (tertiary/aromatic N) is 5. The summed E-state index contributed by atoms with van der Waals surface area (Å²) in [7, 11) is 0. The maximum absolute atomic E-state index is 12.7. The number of amides is 2. The van der Waals surface area contributed by atoms with Gasteiger partial charge in [0.25, 0.3) is 5.91 Å². The second-order valence-corrected chi connectivity index (χ2v) is 7.08. The van der Waals surface area contributed by atoms with E-state index in [4.69, 9.17) is 0 Å². The monoisotopic (exact) mass is 365 g/mol. The van der Waals surface area contributed by atoms with Crippen molar-refractivity contribution in [2.45, 2.75) is 6.54 Å². The van der Waals surface area contributed by atoms with Crippen molar-refractivity contribution < 1.29 is 9.59 Å². The average molecular weight is 365 g/mol. The topological polar surface area (TPSA) is 69.6 Å². The van der Waals surface area contributed by atoms with Crippen LogP contribution in [0, 0.1) is 5.92 Å². The number of carbonyl (C=O) groups is 2. The Morgan fingerprint density at radius 2 is 1.70 bits per heavy atom. The molecule has 0 unspecified atom stereocenters. The summed E-state index contributed by atoms with van der Waals surface area (Å²) in [5.41, 5.74) is 1.63. The standard InChI is InChI=1S/C20H23N5O2/c26-19(17-14-25(15-17)20(27)18-12-21-6-7-22-18)24-10-8-23(9-11-24)13-16-4-2-1-3-5-16/h1-7,12,17H,8-11,13-15H2. The maximum Gasteiger partial charge on any atom is 0.274 e. The zero-order chi connectivity index (χ0) is 18.6. The minimum Gasteiger partial charge on any atom is -0.340 e. The molecule has 2 fully saturated rings. The van der Waals surface area contributed by atoms with Crippen LogP contribution in [-0.2, 0) is 11.3 Å². The van der Waals surface area contributed by atoms with Crippen LogP contribution in [0.3, 0.4) is 0 Å². The van der Waals surface area contributed by atoms with Gasteiger partial charge in [-0.25, -0.2) is 4.98 Å². The Hall–Kier alpha value is -2.80. The quantitative estimate of drug-likeness (QED) is 0.805. The first kappa shape index (κ1) is 17.6. The number of likely N-dealkylation sites (tertiary alicyclic amines) is 1. The summed E-state index contributed by atoms with van der Waals surface area (Å²) in [6, 6.07) is 10.4. The number of benzene rings is 1. The SMILES string of the molecule is O=C(c1cnccn1)N1CC(C(=O)N2CCN(Cc3ccccc3)CC2)C1. The van der Waals surface area contributed by atoms with Crippen molar-refractivity contribution in [2.24, 2.45) is 5.92 Å². The zero-order valence-electron chi connectivity index (χ0n) is 15.2. The third-order valence-corrected chi connectivity index (χ3v) is 5.23. The van der Waals surface area contributed by atoms with Crippen LogP contribution < -0.4 is 0 Å². The van der Waals surface area contributed by atoms with Gasteiger partial charge in [0.15, 0.2) is 0 Å². The van der Waals surface area contributed by atoms with Crippen molar-refractivity contribution >= 4 is 11.8 Å². The van der Waals surface area contributed by atoms with E-state index in [0.717, 1.165) is 32.7 Å². The molecule has 3 heterocycles. The highest BCUT2D eigenvalue weighted by atomic mass is 16.2. The normalized spacial score (nSPS) is 18.2. The van der Waals surface area contributed by atoms with Gasteiger partial charge in [-0.05, 0) is 5.56 Å². The molecule has 2 aliphatic heterocycles. The van der Waals surface area contributed by atoms with E-state index in [1.807, 2.05) is 11.0 Å². The molecule has 0 aliphatic carbocycles. The molecule has 7 nitrogen and oxygen atoms in total. The third kappa shape index (κ3) is 3.98.